The normalized spacial score (nSPS) is 30.8. The third-order valence-electron chi connectivity index (χ3n) is 12.7. The zero-order chi connectivity index (χ0) is 39.9. The first-order valence-electron chi connectivity index (χ1n) is 20.1. The number of amides is 4. The molecule has 2 aromatic carbocycles. The molecule has 7 rings (SSSR count). The Balaban J connectivity index is 1.29. The summed E-state index contributed by atoms with van der Waals surface area (Å²) in [5.74, 6) is -1.45. The van der Waals surface area contributed by atoms with Gasteiger partial charge in [-0.1, -0.05) is 51.0 Å². The predicted octanol–water partition coefficient (Wildman–Crippen LogP) is 5.14. The summed E-state index contributed by atoms with van der Waals surface area (Å²) in [6, 6.07) is 8.04. The molecule has 0 unspecified atom stereocenters. The number of nitrogens with zero attached hydrogens (tertiary/aromatic N) is 1. The van der Waals surface area contributed by atoms with Crippen molar-refractivity contribution in [1.82, 2.24) is 20.3 Å². The molecule has 304 valence electrons. The van der Waals surface area contributed by atoms with E-state index in [4.69, 9.17) is 14.2 Å². The number of rotatable bonds is 5. The Morgan fingerprint density at radius 2 is 1.77 bits per heavy atom. The lowest BCUT2D eigenvalue weighted by molar-refractivity contribution is -0.141. The van der Waals surface area contributed by atoms with Crippen molar-refractivity contribution in [3.63, 3.8) is 0 Å². The minimum absolute atomic E-state index is 0.00502. The van der Waals surface area contributed by atoms with E-state index in [0.717, 1.165) is 59.8 Å². The van der Waals surface area contributed by atoms with Crippen LogP contribution in [0.3, 0.4) is 0 Å². The Morgan fingerprint density at radius 3 is 2.52 bits per heavy atom. The van der Waals surface area contributed by atoms with E-state index in [0.29, 0.717) is 38.5 Å². The van der Waals surface area contributed by atoms with Gasteiger partial charge in [0, 0.05) is 19.4 Å². The number of benzene rings is 2. The summed E-state index contributed by atoms with van der Waals surface area (Å²) in [6.45, 7) is 4.48. The number of ether oxygens (including phenoxy) is 3. The lowest BCUT2D eigenvalue weighted by atomic mass is 9.83. The van der Waals surface area contributed by atoms with Crippen LogP contribution >= 0.6 is 0 Å². The van der Waals surface area contributed by atoms with E-state index in [2.05, 4.69) is 35.3 Å². The molecule has 3 fully saturated rings. The molecule has 14 heteroatoms. The van der Waals surface area contributed by atoms with Gasteiger partial charge in [-0.25, -0.2) is 13.2 Å². The lowest BCUT2D eigenvalue weighted by Gasteiger charge is -2.31. The Hall–Kier alpha value is -4.17. The second kappa shape index (κ2) is 15.6. The highest BCUT2D eigenvalue weighted by atomic mass is 32.2. The van der Waals surface area contributed by atoms with Crippen LogP contribution in [0.4, 0.5) is 4.79 Å². The zero-order valence-electron chi connectivity index (χ0n) is 33.0. The third kappa shape index (κ3) is 8.27. The van der Waals surface area contributed by atoms with E-state index < -0.39 is 68.2 Å². The van der Waals surface area contributed by atoms with Gasteiger partial charge in [-0.15, -0.1) is 0 Å². The Bertz CT molecular complexity index is 2010. The van der Waals surface area contributed by atoms with Crippen LogP contribution < -0.4 is 20.1 Å². The second-order valence-electron chi connectivity index (χ2n) is 17.2. The molecule has 2 saturated carbocycles. The number of cyclic esters (lactones) is 1. The third-order valence-corrected chi connectivity index (χ3v) is 14.5. The van der Waals surface area contributed by atoms with Gasteiger partial charge in [-0.05, 0) is 110 Å². The van der Waals surface area contributed by atoms with E-state index in [1.165, 1.54) is 4.90 Å². The molecule has 2 aromatic rings. The molecule has 56 heavy (non-hydrogen) atoms. The van der Waals surface area contributed by atoms with Crippen molar-refractivity contribution in [3.8, 4) is 5.75 Å². The van der Waals surface area contributed by atoms with E-state index >= 15 is 0 Å². The van der Waals surface area contributed by atoms with Gasteiger partial charge < -0.3 is 29.7 Å². The molecule has 5 atom stereocenters. The number of hydrogen-bond donors (Lipinski definition) is 3. The molecule has 3 heterocycles. The van der Waals surface area contributed by atoms with Gasteiger partial charge >= 0.3 is 6.09 Å². The van der Waals surface area contributed by atoms with E-state index in [9.17, 15) is 27.6 Å². The fraction of sp³-hybridized carbons (Fsp3) is 0.619. The number of hydrogen-bond acceptors (Lipinski definition) is 9. The first kappa shape index (κ1) is 40.0. The molecule has 5 aliphatic rings. The standard InChI is InChI=1S/C42H56N4O9S/c1-40(2)18-10-11-28-21-29-22-30(15-14-27(29)23-35(28)53-3)41(54-4)25-34-36(47)44-42(38(49)45-56(51,52)32-16-17-32)24-31(42)12-8-6-5-7-9-13-33(37(48)46(34)26-41)43-39(50)55-20-19-40/h8,12,14-15,21-23,31-34H,5-7,9-11,13,16-20,24-26H2,1-4H3,(H,43,50)(H,44,47)(H,45,49)/b12-8+/t31-,33-,34-,41-,42+/m0/s1. The lowest BCUT2D eigenvalue weighted by Crippen LogP contribution is -2.58. The molecule has 3 N–H and O–H groups in total. The molecule has 2 aliphatic carbocycles. The molecule has 0 aromatic heterocycles. The Kier molecular flexibility index (Phi) is 11.2. The van der Waals surface area contributed by atoms with Gasteiger partial charge in [0.05, 0.1) is 25.5 Å². The van der Waals surface area contributed by atoms with Crippen molar-refractivity contribution in [2.45, 2.75) is 126 Å². The van der Waals surface area contributed by atoms with E-state index in [1.54, 1.807) is 14.2 Å². The van der Waals surface area contributed by atoms with Crippen molar-refractivity contribution in [2.75, 3.05) is 27.4 Å². The summed E-state index contributed by atoms with van der Waals surface area (Å²) >= 11 is 0. The minimum atomic E-state index is -3.89. The fourth-order valence-electron chi connectivity index (χ4n) is 8.76. The number of allylic oxidation sites excluding steroid dienone is 1. The van der Waals surface area contributed by atoms with E-state index in [-0.39, 0.29) is 31.4 Å². The average molecular weight is 793 g/mol. The van der Waals surface area contributed by atoms with E-state index in [1.807, 2.05) is 36.4 Å². The second-order valence-corrected chi connectivity index (χ2v) is 19.2. The molecular formula is C42H56N4O9S. The number of alkyl carbamates (subject to hydrolysis) is 1. The quantitative estimate of drug-likeness (QED) is 0.347. The van der Waals surface area contributed by atoms with Gasteiger partial charge in [0.15, 0.2) is 0 Å². The van der Waals surface area contributed by atoms with Crippen molar-refractivity contribution < 1.29 is 41.8 Å². The number of carbonyl (C=O) groups is 4. The summed E-state index contributed by atoms with van der Waals surface area (Å²) < 4.78 is 45.9. The van der Waals surface area contributed by atoms with Crippen molar-refractivity contribution in [2.24, 2.45) is 11.3 Å². The van der Waals surface area contributed by atoms with Crippen molar-refractivity contribution >= 4 is 44.6 Å². The molecular weight excluding hydrogens is 737 g/mol. The molecule has 6 bridgehead atoms. The first-order chi connectivity index (χ1) is 26.7. The Morgan fingerprint density at radius 1 is 0.964 bits per heavy atom. The molecule has 4 amide bonds. The maximum absolute atomic E-state index is 14.8. The number of fused-ring (bicyclic) bond motifs is 6. The summed E-state index contributed by atoms with van der Waals surface area (Å²) in [6.07, 6.45) is 10.9. The number of nitrogens with one attached hydrogen (secondary N) is 3. The Labute approximate surface area is 329 Å². The van der Waals surface area contributed by atoms with Gasteiger partial charge in [-0.2, -0.15) is 0 Å². The number of aryl methyl sites for hydroxylation is 1. The smallest absolute Gasteiger partial charge is 0.407 e. The fourth-order valence-corrected chi connectivity index (χ4v) is 10.1. The highest BCUT2D eigenvalue weighted by Gasteiger charge is 2.63. The van der Waals surface area contributed by atoms with Gasteiger partial charge in [0.25, 0.3) is 5.91 Å². The van der Waals surface area contributed by atoms with Crippen LogP contribution in [0.25, 0.3) is 10.8 Å². The van der Waals surface area contributed by atoms with Crippen LogP contribution in [0.1, 0.15) is 102 Å². The van der Waals surface area contributed by atoms with Crippen molar-refractivity contribution in [3.05, 3.63) is 53.6 Å². The zero-order valence-corrected chi connectivity index (χ0v) is 33.8. The molecule has 0 spiro atoms. The highest BCUT2D eigenvalue weighted by molar-refractivity contribution is 7.91. The predicted molar refractivity (Wildman–Crippen MR) is 210 cm³/mol. The number of methoxy groups -OCH3 is 2. The van der Waals surface area contributed by atoms with Gasteiger partial charge in [0.2, 0.25) is 21.8 Å². The molecule has 1 saturated heterocycles. The van der Waals surface area contributed by atoms with Crippen LogP contribution in [-0.2, 0) is 45.9 Å². The van der Waals surface area contributed by atoms with Crippen LogP contribution in [0, 0.1) is 11.3 Å². The topological polar surface area (TPSA) is 169 Å². The first-order valence-corrected chi connectivity index (χ1v) is 21.7. The maximum atomic E-state index is 14.8. The highest BCUT2D eigenvalue weighted by Crippen LogP contribution is 2.47. The van der Waals surface area contributed by atoms with Gasteiger partial charge in [-0.3, -0.25) is 19.1 Å². The average Bonchev–Trinajstić information content (AvgIpc) is 4.09. The largest absolute Gasteiger partial charge is 0.496 e. The van der Waals surface area contributed by atoms with Crippen LogP contribution in [0.15, 0.2) is 42.5 Å². The minimum Gasteiger partial charge on any atom is -0.496 e. The monoisotopic (exact) mass is 792 g/mol. The summed E-state index contributed by atoms with van der Waals surface area (Å²) in [5.41, 5.74) is -0.917. The van der Waals surface area contributed by atoms with Crippen molar-refractivity contribution in [1.29, 1.82) is 0 Å². The SMILES string of the molecule is COc1cc2ccc3cc2cc1CCCC(C)(C)CCOC(=O)N[C@H]1CCCCC/C=C/[C@H]2C[C@@]2(C(=O)NS(=O)(=O)C2CC2)NC(=O)[C@@H]2C[C@]3(OC)CN2C1=O. The summed E-state index contributed by atoms with van der Waals surface area (Å²) in [4.78, 5) is 58.1. The van der Waals surface area contributed by atoms with Crippen LogP contribution in [0.5, 0.6) is 5.75 Å². The maximum Gasteiger partial charge on any atom is 0.407 e. The number of carbonyl (C=O) groups excluding carboxylic acids is 4. The van der Waals surface area contributed by atoms with Crippen LogP contribution in [-0.4, -0.2) is 87.4 Å². The molecule has 3 aliphatic heterocycles. The van der Waals surface area contributed by atoms with Gasteiger partial charge in [0.1, 0.15) is 29.0 Å². The summed E-state index contributed by atoms with van der Waals surface area (Å²) in [7, 11) is -0.667. The number of sulfonamides is 1. The molecule has 13 nitrogen and oxygen atoms in total. The van der Waals surface area contributed by atoms with Crippen LogP contribution in [0.2, 0.25) is 0 Å². The summed E-state index contributed by atoms with van der Waals surface area (Å²) in [5, 5.41) is 7.09. The molecule has 0 radical (unpaired) electrons.